The molecule has 2 aromatic carbocycles. The highest BCUT2D eigenvalue weighted by atomic mass is 19.4. The second-order valence-corrected chi connectivity index (χ2v) is 6.89. The molecule has 2 rings (SSSR count). The van der Waals surface area contributed by atoms with Crippen molar-refractivity contribution in [3.8, 4) is 11.5 Å². The van der Waals surface area contributed by atoms with Gasteiger partial charge in [0.05, 0.1) is 12.7 Å². The molecule has 0 aliphatic heterocycles. The van der Waals surface area contributed by atoms with Gasteiger partial charge in [0.1, 0.15) is 0 Å². The number of methoxy groups -OCH3 is 1. The Morgan fingerprint density at radius 3 is 2.27 bits per heavy atom. The van der Waals surface area contributed by atoms with Crippen LogP contribution in [0.5, 0.6) is 11.5 Å². The number of benzene rings is 2. The SMILES string of the molecule is COc1cc(CC[C@@H](C)CCc2cc(C)cc(C(F)(F)F)c2)ccc1O. The van der Waals surface area contributed by atoms with Crippen LogP contribution in [0.25, 0.3) is 0 Å². The van der Waals surface area contributed by atoms with E-state index in [9.17, 15) is 18.3 Å². The Bertz CT molecular complexity index is 739. The van der Waals surface area contributed by atoms with Gasteiger partial charge in [-0.1, -0.05) is 24.6 Å². The van der Waals surface area contributed by atoms with Crippen LogP contribution in [-0.2, 0) is 19.0 Å². The third-order valence-electron chi connectivity index (χ3n) is 4.56. The summed E-state index contributed by atoms with van der Waals surface area (Å²) in [5.41, 5.74) is 1.87. The number of alkyl halides is 3. The molecule has 0 radical (unpaired) electrons. The van der Waals surface area contributed by atoms with E-state index < -0.39 is 11.7 Å². The van der Waals surface area contributed by atoms with E-state index in [1.165, 1.54) is 19.2 Å². The van der Waals surface area contributed by atoms with E-state index in [2.05, 4.69) is 6.92 Å². The molecule has 0 aromatic heterocycles. The van der Waals surface area contributed by atoms with Crippen molar-refractivity contribution in [2.24, 2.45) is 5.92 Å². The molecule has 142 valence electrons. The lowest BCUT2D eigenvalue weighted by atomic mass is 9.93. The maximum absolute atomic E-state index is 12.9. The maximum atomic E-state index is 12.9. The first-order valence-corrected chi connectivity index (χ1v) is 8.72. The van der Waals surface area contributed by atoms with Crippen LogP contribution in [0.3, 0.4) is 0 Å². The van der Waals surface area contributed by atoms with Crippen molar-refractivity contribution >= 4 is 0 Å². The van der Waals surface area contributed by atoms with E-state index in [0.29, 0.717) is 23.7 Å². The molecular weight excluding hydrogens is 341 g/mol. The van der Waals surface area contributed by atoms with Crippen LogP contribution >= 0.6 is 0 Å². The molecule has 0 spiro atoms. The summed E-state index contributed by atoms with van der Waals surface area (Å²) in [5, 5.41) is 9.62. The molecule has 0 fully saturated rings. The summed E-state index contributed by atoms with van der Waals surface area (Å²) >= 11 is 0. The largest absolute Gasteiger partial charge is 0.504 e. The summed E-state index contributed by atoms with van der Waals surface area (Å²) in [6.45, 7) is 3.80. The maximum Gasteiger partial charge on any atom is 0.416 e. The third kappa shape index (κ3) is 5.68. The quantitative estimate of drug-likeness (QED) is 0.658. The van der Waals surface area contributed by atoms with Crippen LogP contribution in [0.1, 0.15) is 42.0 Å². The number of aromatic hydroxyl groups is 1. The molecule has 1 atom stereocenters. The Hall–Kier alpha value is -2.17. The first-order chi connectivity index (χ1) is 12.2. The van der Waals surface area contributed by atoms with Gasteiger partial charge in [-0.25, -0.2) is 0 Å². The highest BCUT2D eigenvalue weighted by Gasteiger charge is 2.30. The van der Waals surface area contributed by atoms with Gasteiger partial charge in [0, 0.05) is 0 Å². The lowest BCUT2D eigenvalue weighted by Gasteiger charge is -2.14. The molecule has 0 heterocycles. The zero-order valence-electron chi connectivity index (χ0n) is 15.4. The monoisotopic (exact) mass is 366 g/mol. The number of phenolic OH excluding ortho intramolecular Hbond substituents is 1. The molecule has 0 saturated heterocycles. The predicted octanol–water partition coefficient (Wildman–Crippen LogP) is 5.93. The summed E-state index contributed by atoms with van der Waals surface area (Å²) in [5.74, 6) is 0.948. The average molecular weight is 366 g/mol. The summed E-state index contributed by atoms with van der Waals surface area (Å²) in [7, 11) is 1.51. The Kier molecular flexibility index (Phi) is 6.57. The standard InChI is InChI=1S/C21H25F3O2/c1-14(4-6-16-8-9-19(25)20(13-16)26-3)5-7-17-10-15(2)11-18(12-17)21(22,23)24/h8-14,25H,4-7H2,1-3H3/t14-/m1/s1. The van der Waals surface area contributed by atoms with Gasteiger partial charge in [-0.15, -0.1) is 0 Å². The minimum atomic E-state index is -4.30. The minimum Gasteiger partial charge on any atom is -0.504 e. The van der Waals surface area contributed by atoms with E-state index in [4.69, 9.17) is 4.74 Å². The Morgan fingerprint density at radius 2 is 1.65 bits per heavy atom. The van der Waals surface area contributed by atoms with Gasteiger partial charge in [-0.3, -0.25) is 0 Å². The number of aryl methyl sites for hydroxylation is 3. The van der Waals surface area contributed by atoms with Gasteiger partial charge in [-0.2, -0.15) is 13.2 Å². The third-order valence-corrected chi connectivity index (χ3v) is 4.56. The van der Waals surface area contributed by atoms with E-state index in [1.54, 1.807) is 13.0 Å². The number of phenols is 1. The molecule has 2 nitrogen and oxygen atoms in total. The lowest BCUT2D eigenvalue weighted by molar-refractivity contribution is -0.137. The van der Waals surface area contributed by atoms with Crippen molar-refractivity contribution in [3.63, 3.8) is 0 Å². The highest BCUT2D eigenvalue weighted by Crippen LogP contribution is 2.31. The van der Waals surface area contributed by atoms with Crippen LogP contribution in [0.4, 0.5) is 13.2 Å². The van der Waals surface area contributed by atoms with E-state index >= 15 is 0 Å². The smallest absolute Gasteiger partial charge is 0.416 e. The fourth-order valence-corrected chi connectivity index (χ4v) is 3.02. The molecule has 5 heteroatoms. The summed E-state index contributed by atoms with van der Waals surface area (Å²) in [6, 6.07) is 9.56. The molecule has 0 amide bonds. The zero-order chi connectivity index (χ0) is 19.3. The van der Waals surface area contributed by atoms with Gasteiger partial charge in [-0.05, 0) is 73.9 Å². The van der Waals surface area contributed by atoms with Gasteiger partial charge >= 0.3 is 6.18 Å². The van der Waals surface area contributed by atoms with Gasteiger partial charge in [0.15, 0.2) is 11.5 Å². The predicted molar refractivity (Wildman–Crippen MR) is 96.6 cm³/mol. The number of hydrogen-bond acceptors (Lipinski definition) is 2. The number of halogens is 3. The summed E-state index contributed by atoms with van der Waals surface area (Å²) in [4.78, 5) is 0. The molecule has 2 aromatic rings. The van der Waals surface area contributed by atoms with Gasteiger partial charge < -0.3 is 9.84 Å². The molecule has 1 N–H and O–H groups in total. The zero-order valence-corrected chi connectivity index (χ0v) is 15.4. The van der Waals surface area contributed by atoms with Crippen LogP contribution in [-0.4, -0.2) is 12.2 Å². The van der Waals surface area contributed by atoms with Gasteiger partial charge in [0.2, 0.25) is 0 Å². The van der Waals surface area contributed by atoms with E-state index in [-0.39, 0.29) is 5.75 Å². The molecule has 0 bridgehead atoms. The van der Waals surface area contributed by atoms with Crippen LogP contribution < -0.4 is 4.74 Å². The van der Waals surface area contributed by atoms with Crippen LogP contribution in [0, 0.1) is 12.8 Å². The topological polar surface area (TPSA) is 29.5 Å². The number of ether oxygens (including phenoxy) is 1. The Balaban J connectivity index is 1.91. The number of rotatable bonds is 7. The van der Waals surface area contributed by atoms with E-state index in [0.717, 1.165) is 30.4 Å². The second kappa shape index (κ2) is 8.47. The van der Waals surface area contributed by atoms with Crippen molar-refractivity contribution in [2.45, 2.75) is 45.7 Å². The normalized spacial score (nSPS) is 12.8. The fourth-order valence-electron chi connectivity index (χ4n) is 3.02. The molecule has 0 saturated carbocycles. The molecule has 0 aliphatic rings. The van der Waals surface area contributed by atoms with Crippen molar-refractivity contribution in [1.82, 2.24) is 0 Å². The van der Waals surface area contributed by atoms with Crippen molar-refractivity contribution in [2.75, 3.05) is 7.11 Å². The highest BCUT2D eigenvalue weighted by molar-refractivity contribution is 5.41. The molecule has 0 aliphatic carbocycles. The second-order valence-electron chi connectivity index (χ2n) is 6.89. The lowest BCUT2D eigenvalue weighted by Crippen LogP contribution is -2.07. The molecule has 0 unspecified atom stereocenters. The van der Waals surface area contributed by atoms with Crippen molar-refractivity contribution < 1.29 is 23.0 Å². The minimum absolute atomic E-state index is 0.115. The fraction of sp³-hybridized carbons (Fsp3) is 0.429. The first kappa shape index (κ1) is 20.1. The average Bonchev–Trinajstić information content (AvgIpc) is 2.58. The van der Waals surface area contributed by atoms with Crippen LogP contribution in [0.2, 0.25) is 0 Å². The first-order valence-electron chi connectivity index (χ1n) is 8.72. The molecular formula is C21H25F3O2. The van der Waals surface area contributed by atoms with Crippen LogP contribution in [0.15, 0.2) is 36.4 Å². The number of hydrogen-bond donors (Lipinski definition) is 1. The molecule has 26 heavy (non-hydrogen) atoms. The Labute approximate surface area is 152 Å². The summed E-state index contributed by atoms with van der Waals surface area (Å²) < 4.78 is 43.9. The van der Waals surface area contributed by atoms with Crippen molar-refractivity contribution in [1.29, 1.82) is 0 Å². The van der Waals surface area contributed by atoms with E-state index in [1.807, 2.05) is 18.2 Å². The Morgan fingerprint density at radius 1 is 1.00 bits per heavy atom. The summed E-state index contributed by atoms with van der Waals surface area (Å²) in [6.07, 6.45) is -1.09. The van der Waals surface area contributed by atoms with Crippen molar-refractivity contribution in [3.05, 3.63) is 58.7 Å². The van der Waals surface area contributed by atoms with Gasteiger partial charge in [0.25, 0.3) is 0 Å².